The molecule has 1 unspecified atom stereocenters. The van der Waals surface area contributed by atoms with Crippen molar-refractivity contribution < 1.29 is 10.0 Å². The number of rotatable bonds is 2. The molecule has 0 saturated heterocycles. The van der Waals surface area contributed by atoms with Crippen LogP contribution in [-0.2, 0) is 0 Å². The van der Waals surface area contributed by atoms with Gasteiger partial charge in [-0.2, -0.15) is 0 Å². The Hall–Kier alpha value is -0.765. The molecule has 1 atom stereocenters. The fourth-order valence-corrected chi connectivity index (χ4v) is 3.18. The van der Waals surface area contributed by atoms with E-state index in [0.717, 1.165) is 0 Å². The minimum absolute atomic E-state index is 0.176. The molecule has 0 fully saturated rings. The van der Waals surface area contributed by atoms with E-state index in [9.17, 15) is 10.0 Å². The summed E-state index contributed by atoms with van der Waals surface area (Å²) in [5.74, 6) is 0. The maximum absolute atomic E-state index is 9.42. The molecule has 1 aliphatic rings. The van der Waals surface area contributed by atoms with Gasteiger partial charge in [-0.25, -0.2) is 0 Å². The van der Waals surface area contributed by atoms with Crippen molar-refractivity contribution in [3.63, 3.8) is 0 Å². The molecule has 0 aromatic heterocycles. The second-order valence-electron chi connectivity index (χ2n) is 5.66. The summed E-state index contributed by atoms with van der Waals surface area (Å²) in [6.07, 6.45) is 3.05. The van der Waals surface area contributed by atoms with Crippen LogP contribution in [-0.4, -0.2) is 21.9 Å². The summed E-state index contributed by atoms with van der Waals surface area (Å²) in [7, 11) is -1.49. The third-order valence-electron chi connectivity index (χ3n) is 3.66. The van der Waals surface area contributed by atoms with Crippen LogP contribution in [0.4, 0.5) is 0 Å². The molecule has 96 valence electrons. The Morgan fingerprint density at radius 2 is 1.78 bits per heavy atom. The summed E-state index contributed by atoms with van der Waals surface area (Å²) >= 11 is 6.30. The van der Waals surface area contributed by atoms with Crippen LogP contribution in [0.3, 0.4) is 0 Å². The zero-order valence-electron chi connectivity index (χ0n) is 10.7. The summed E-state index contributed by atoms with van der Waals surface area (Å²) in [5, 5.41) is 18.8. The van der Waals surface area contributed by atoms with Crippen molar-refractivity contribution in [1.82, 2.24) is 0 Å². The summed E-state index contributed by atoms with van der Waals surface area (Å²) in [4.78, 5) is 0. The highest BCUT2D eigenvalue weighted by Crippen LogP contribution is 2.48. The van der Waals surface area contributed by atoms with Gasteiger partial charge >= 0.3 is 7.12 Å². The molecule has 1 aromatic rings. The Kier molecular flexibility index (Phi) is 3.59. The van der Waals surface area contributed by atoms with E-state index in [0.29, 0.717) is 12.8 Å². The summed E-state index contributed by atoms with van der Waals surface area (Å²) in [6, 6.07) is 10.2. The fraction of sp³-hybridized carbons (Fsp3) is 0.429. The minimum atomic E-state index is -1.49. The molecular formula is C14H18BClO2. The number of benzene rings is 1. The Morgan fingerprint density at radius 1 is 1.17 bits per heavy atom. The molecule has 1 aliphatic carbocycles. The number of allylic oxidation sites excluding steroid dienone is 2. The normalized spacial score (nSPS) is 26.6. The van der Waals surface area contributed by atoms with E-state index < -0.39 is 11.9 Å². The molecule has 0 saturated carbocycles. The Morgan fingerprint density at radius 3 is 2.28 bits per heavy atom. The van der Waals surface area contributed by atoms with Gasteiger partial charge in [0.1, 0.15) is 0 Å². The predicted octanol–water partition coefficient (Wildman–Crippen LogP) is 2.88. The molecule has 2 rings (SSSR count). The molecule has 4 heteroatoms. The highest BCUT2D eigenvalue weighted by Gasteiger charge is 2.47. The zero-order valence-corrected chi connectivity index (χ0v) is 11.5. The van der Waals surface area contributed by atoms with Gasteiger partial charge in [0.15, 0.2) is 0 Å². The highest BCUT2D eigenvalue weighted by molar-refractivity contribution is 6.60. The molecule has 2 nitrogen and oxygen atoms in total. The largest absolute Gasteiger partial charge is 0.474 e. The molecule has 0 bridgehead atoms. The average Bonchev–Trinajstić information content (AvgIpc) is 2.28. The third-order valence-corrected chi connectivity index (χ3v) is 4.14. The van der Waals surface area contributed by atoms with Crippen LogP contribution in [0.5, 0.6) is 0 Å². The van der Waals surface area contributed by atoms with Gasteiger partial charge in [0, 0.05) is 0 Å². The number of alkyl halides is 1. The lowest BCUT2D eigenvalue weighted by Gasteiger charge is -2.41. The molecule has 2 N–H and O–H groups in total. The molecule has 18 heavy (non-hydrogen) atoms. The molecule has 0 heterocycles. The van der Waals surface area contributed by atoms with Gasteiger partial charge in [-0.05, 0) is 29.4 Å². The minimum Gasteiger partial charge on any atom is -0.426 e. The van der Waals surface area contributed by atoms with Gasteiger partial charge in [-0.15, -0.1) is 11.6 Å². The smallest absolute Gasteiger partial charge is 0.426 e. The fourth-order valence-electron chi connectivity index (χ4n) is 2.77. The summed E-state index contributed by atoms with van der Waals surface area (Å²) in [6.45, 7) is 4.18. The summed E-state index contributed by atoms with van der Waals surface area (Å²) in [5.41, 5.74) is 2.22. The average molecular weight is 265 g/mol. The lowest BCUT2D eigenvalue weighted by Crippen LogP contribution is -2.46. The predicted molar refractivity (Wildman–Crippen MR) is 76.2 cm³/mol. The van der Waals surface area contributed by atoms with Crippen LogP contribution in [0, 0.1) is 5.41 Å². The van der Waals surface area contributed by atoms with Crippen molar-refractivity contribution in [1.29, 1.82) is 0 Å². The third kappa shape index (κ3) is 2.49. The Labute approximate surface area is 113 Å². The van der Waals surface area contributed by atoms with Crippen molar-refractivity contribution in [2.75, 3.05) is 0 Å². The Balaban J connectivity index is 2.37. The first-order valence-electron chi connectivity index (χ1n) is 6.16. The van der Waals surface area contributed by atoms with E-state index in [1.54, 1.807) is 0 Å². The zero-order chi connectivity index (χ0) is 13.4. The van der Waals surface area contributed by atoms with Crippen LogP contribution < -0.4 is 0 Å². The van der Waals surface area contributed by atoms with E-state index >= 15 is 0 Å². The highest BCUT2D eigenvalue weighted by atomic mass is 35.5. The van der Waals surface area contributed by atoms with Crippen molar-refractivity contribution in [2.24, 2.45) is 5.41 Å². The van der Waals surface area contributed by atoms with Crippen molar-refractivity contribution in [3.05, 3.63) is 42.0 Å². The Bertz CT molecular complexity index is 456. The molecule has 0 radical (unpaired) electrons. The van der Waals surface area contributed by atoms with Gasteiger partial charge in [0.25, 0.3) is 0 Å². The number of hydrogen-bond acceptors (Lipinski definition) is 2. The van der Waals surface area contributed by atoms with Crippen LogP contribution in [0.2, 0.25) is 0 Å². The quantitative estimate of drug-likeness (QED) is 0.637. The lowest BCUT2D eigenvalue weighted by molar-refractivity contribution is 0.322. The van der Waals surface area contributed by atoms with Crippen molar-refractivity contribution in [2.45, 2.75) is 31.5 Å². The van der Waals surface area contributed by atoms with Gasteiger partial charge in [0.2, 0.25) is 0 Å². The van der Waals surface area contributed by atoms with Crippen LogP contribution in [0.15, 0.2) is 36.4 Å². The van der Waals surface area contributed by atoms with Crippen LogP contribution in [0.1, 0.15) is 32.3 Å². The molecule has 0 amide bonds. The van der Waals surface area contributed by atoms with Gasteiger partial charge in [-0.3, -0.25) is 0 Å². The van der Waals surface area contributed by atoms with Gasteiger partial charge < -0.3 is 10.0 Å². The first kappa shape index (κ1) is 13.7. The first-order valence-corrected chi connectivity index (χ1v) is 6.54. The van der Waals surface area contributed by atoms with E-state index in [4.69, 9.17) is 11.6 Å². The van der Waals surface area contributed by atoms with E-state index in [2.05, 4.69) is 26.0 Å². The maximum Gasteiger partial charge on any atom is 0.474 e. The molecule has 0 spiro atoms. The molecular weight excluding hydrogens is 246 g/mol. The van der Waals surface area contributed by atoms with E-state index in [1.165, 1.54) is 11.1 Å². The monoisotopic (exact) mass is 264 g/mol. The second kappa shape index (κ2) is 4.73. The molecule has 0 aliphatic heterocycles. The second-order valence-corrected chi connectivity index (χ2v) is 6.41. The number of hydrogen-bond donors (Lipinski definition) is 2. The van der Waals surface area contributed by atoms with Crippen molar-refractivity contribution in [3.8, 4) is 0 Å². The van der Waals surface area contributed by atoms with Crippen LogP contribution >= 0.6 is 11.6 Å². The first-order chi connectivity index (χ1) is 8.35. The standard InChI is InChI=1S/C14H18BClO2/c1-13(2)10-14(16,15(17)18)9-8-12(13)11-6-4-3-5-7-11/h3-8,17-18H,9-10H2,1-2H3. The van der Waals surface area contributed by atoms with Gasteiger partial charge in [0.05, 0.1) is 4.77 Å². The maximum atomic E-state index is 9.42. The van der Waals surface area contributed by atoms with E-state index in [-0.39, 0.29) is 5.41 Å². The summed E-state index contributed by atoms with van der Waals surface area (Å²) < 4.78 is -0.970. The topological polar surface area (TPSA) is 40.5 Å². The van der Waals surface area contributed by atoms with Gasteiger partial charge in [-0.1, -0.05) is 50.3 Å². The lowest BCUT2D eigenvalue weighted by atomic mass is 9.57. The SMILES string of the molecule is CC1(C)CC(Cl)(B(O)O)CC=C1c1ccccc1. The molecule has 1 aromatic carbocycles. The van der Waals surface area contributed by atoms with Crippen LogP contribution in [0.25, 0.3) is 5.57 Å². The number of halogens is 1. The van der Waals surface area contributed by atoms with Crippen molar-refractivity contribution >= 4 is 24.3 Å². The van der Waals surface area contributed by atoms with E-state index in [1.807, 2.05) is 24.3 Å².